The van der Waals surface area contributed by atoms with E-state index in [2.05, 4.69) is 16.3 Å². The summed E-state index contributed by atoms with van der Waals surface area (Å²) in [7, 11) is 0. The summed E-state index contributed by atoms with van der Waals surface area (Å²) in [5, 5.41) is 4.29. The third-order valence-corrected chi connectivity index (χ3v) is 8.82. The van der Waals surface area contributed by atoms with Crippen molar-refractivity contribution in [3.05, 3.63) is 83.1 Å². The van der Waals surface area contributed by atoms with Gasteiger partial charge in [-0.25, -0.2) is 9.78 Å². The van der Waals surface area contributed by atoms with Crippen molar-refractivity contribution < 1.29 is 18.0 Å². The molecule has 1 atom stereocenters. The van der Waals surface area contributed by atoms with E-state index < -0.39 is 11.7 Å². The number of benzene rings is 2. The minimum atomic E-state index is -4.33. The van der Waals surface area contributed by atoms with Gasteiger partial charge >= 0.3 is 12.2 Å². The highest BCUT2D eigenvalue weighted by atomic mass is 32.1. The van der Waals surface area contributed by atoms with Crippen molar-refractivity contribution in [3.63, 3.8) is 0 Å². The summed E-state index contributed by atoms with van der Waals surface area (Å²) in [6, 6.07) is 15.5. The predicted octanol–water partition coefficient (Wildman–Crippen LogP) is 6.62. The van der Waals surface area contributed by atoms with E-state index in [0.29, 0.717) is 5.69 Å². The quantitative estimate of drug-likeness (QED) is 0.302. The molecular formula is C29H30F3N5OS. The summed E-state index contributed by atoms with van der Waals surface area (Å²) in [6.07, 6.45) is 3.19. The largest absolute Gasteiger partial charge is 0.416 e. The van der Waals surface area contributed by atoms with Gasteiger partial charge in [0.1, 0.15) is 5.01 Å². The maximum atomic E-state index is 13.2. The number of piperidine rings is 1. The van der Waals surface area contributed by atoms with E-state index in [1.807, 2.05) is 46.1 Å². The number of likely N-dealkylation sites (tertiary alicyclic amines) is 2. The number of nitrogens with one attached hydrogen (secondary N) is 1. The molecule has 0 spiro atoms. The highest BCUT2D eigenvalue weighted by Crippen LogP contribution is 2.36. The lowest BCUT2D eigenvalue weighted by atomic mass is 10.0. The first kappa shape index (κ1) is 25.9. The van der Waals surface area contributed by atoms with Crippen LogP contribution in [0.15, 0.2) is 67.0 Å². The number of aromatic nitrogens is 2. The molecule has 10 heteroatoms. The van der Waals surface area contributed by atoms with Gasteiger partial charge in [-0.3, -0.25) is 4.90 Å². The van der Waals surface area contributed by atoms with Gasteiger partial charge in [-0.15, -0.1) is 11.3 Å². The van der Waals surface area contributed by atoms with Crippen molar-refractivity contribution in [2.24, 2.45) is 0 Å². The van der Waals surface area contributed by atoms with Crippen molar-refractivity contribution in [1.82, 2.24) is 24.7 Å². The van der Waals surface area contributed by atoms with Crippen molar-refractivity contribution in [2.75, 3.05) is 19.6 Å². The zero-order chi connectivity index (χ0) is 27.0. The van der Waals surface area contributed by atoms with Crippen molar-refractivity contribution >= 4 is 27.6 Å². The lowest BCUT2D eigenvalue weighted by molar-refractivity contribution is -0.137. The highest BCUT2D eigenvalue weighted by Gasteiger charge is 2.34. The van der Waals surface area contributed by atoms with Gasteiger partial charge in [-0.2, -0.15) is 13.2 Å². The maximum absolute atomic E-state index is 13.2. The molecule has 0 bridgehead atoms. The highest BCUT2D eigenvalue weighted by molar-refractivity contribution is 7.18. The summed E-state index contributed by atoms with van der Waals surface area (Å²) >= 11 is 1.68. The summed E-state index contributed by atoms with van der Waals surface area (Å²) in [4.78, 5) is 22.3. The van der Waals surface area contributed by atoms with Crippen LogP contribution >= 0.6 is 11.3 Å². The van der Waals surface area contributed by atoms with Gasteiger partial charge in [0.15, 0.2) is 0 Å². The number of nitrogens with zero attached hydrogens (tertiary/aromatic N) is 4. The van der Waals surface area contributed by atoms with Gasteiger partial charge in [0.05, 0.1) is 21.8 Å². The van der Waals surface area contributed by atoms with Crippen LogP contribution in [0.5, 0.6) is 0 Å². The van der Waals surface area contributed by atoms with Crippen molar-refractivity contribution in [3.8, 4) is 5.69 Å². The second-order valence-electron chi connectivity index (χ2n) is 10.3. The molecule has 1 unspecified atom stereocenters. The number of halogens is 3. The molecule has 204 valence electrons. The molecule has 6 nitrogen and oxygen atoms in total. The lowest BCUT2D eigenvalue weighted by Crippen LogP contribution is -2.48. The van der Waals surface area contributed by atoms with Gasteiger partial charge in [0.25, 0.3) is 0 Å². The Balaban J connectivity index is 1.01. The Bertz CT molecular complexity index is 1410. The number of alkyl halides is 3. The SMILES string of the molecule is O=C(NC1CCN(Cc2ccn(-c3ccc(C(F)(F)F)cc3)c2)CC1)N1CCCC1c1nc2ccccc2s1. The van der Waals surface area contributed by atoms with Crippen LogP contribution in [-0.2, 0) is 12.7 Å². The Hall–Kier alpha value is -3.37. The molecule has 2 aliphatic heterocycles. The van der Waals surface area contributed by atoms with Gasteiger partial charge in [0, 0.05) is 50.3 Å². The predicted molar refractivity (Wildman–Crippen MR) is 146 cm³/mol. The van der Waals surface area contributed by atoms with Crippen LogP contribution in [0, 0.1) is 0 Å². The van der Waals surface area contributed by atoms with Gasteiger partial charge in [-0.1, -0.05) is 12.1 Å². The molecule has 0 aliphatic carbocycles. The Labute approximate surface area is 229 Å². The summed E-state index contributed by atoms with van der Waals surface area (Å²) in [5.41, 5.74) is 2.15. The molecule has 39 heavy (non-hydrogen) atoms. The zero-order valence-corrected chi connectivity index (χ0v) is 22.2. The number of carbonyl (C=O) groups excluding carboxylic acids is 1. The van der Waals surface area contributed by atoms with Crippen LogP contribution in [0.1, 0.15) is 47.9 Å². The average Bonchev–Trinajstić information content (AvgIpc) is 3.68. The lowest BCUT2D eigenvalue weighted by Gasteiger charge is -2.33. The molecule has 2 saturated heterocycles. The maximum Gasteiger partial charge on any atom is 0.416 e. The average molecular weight is 554 g/mol. The Morgan fingerprint density at radius 3 is 2.51 bits per heavy atom. The number of para-hydroxylation sites is 1. The minimum Gasteiger partial charge on any atom is -0.335 e. The van der Waals surface area contributed by atoms with E-state index in [4.69, 9.17) is 4.98 Å². The molecule has 0 saturated carbocycles. The molecule has 6 rings (SSSR count). The van der Waals surface area contributed by atoms with E-state index in [-0.39, 0.29) is 18.1 Å². The second kappa shape index (κ2) is 10.7. The fraction of sp³-hybridized carbons (Fsp3) is 0.379. The first-order valence-electron chi connectivity index (χ1n) is 13.3. The standard InChI is InChI=1S/C29H30F3N5OS/c30-29(31,32)21-7-9-23(10-8-21)36-17-11-20(19-36)18-35-15-12-22(13-16-35)33-28(38)37-14-3-5-25(37)27-34-24-4-1-2-6-26(24)39-27/h1-2,4,6-11,17,19,22,25H,3,5,12-16,18H2,(H,33,38). The smallest absolute Gasteiger partial charge is 0.335 e. The molecule has 2 fully saturated rings. The van der Waals surface area contributed by atoms with Gasteiger partial charge in [-0.05, 0) is 73.7 Å². The van der Waals surface area contributed by atoms with E-state index in [0.717, 1.165) is 84.8 Å². The molecule has 4 aromatic rings. The first-order chi connectivity index (χ1) is 18.8. The van der Waals surface area contributed by atoms with Gasteiger partial charge < -0.3 is 14.8 Å². The van der Waals surface area contributed by atoms with Crippen molar-refractivity contribution in [1.29, 1.82) is 0 Å². The van der Waals surface area contributed by atoms with Crippen LogP contribution in [-0.4, -0.2) is 51.1 Å². The van der Waals surface area contributed by atoms with Gasteiger partial charge in [0.2, 0.25) is 0 Å². The third-order valence-electron chi connectivity index (χ3n) is 7.68. The number of hydrogen-bond donors (Lipinski definition) is 1. The molecule has 2 aromatic heterocycles. The van der Waals surface area contributed by atoms with Crippen molar-refractivity contribution in [2.45, 2.75) is 50.5 Å². The summed E-state index contributed by atoms with van der Waals surface area (Å²) in [5.74, 6) is 0. The normalized spacial score (nSPS) is 19.2. The Kier molecular flexibility index (Phi) is 7.07. The Morgan fingerprint density at radius 2 is 1.77 bits per heavy atom. The zero-order valence-electron chi connectivity index (χ0n) is 21.4. The fourth-order valence-corrected chi connectivity index (χ4v) is 6.68. The number of carbonyl (C=O) groups is 1. The van der Waals surface area contributed by atoms with E-state index in [1.54, 1.807) is 11.3 Å². The molecular weight excluding hydrogens is 523 g/mol. The van der Waals surface area contributed by atoms with E-state index >= 15 is 0 Å². The van der Waals surface area contributed by atoms with Crippen LogP contribution in [0.25, 0.3) is 15.9 Å². The number of thiazole rings is 1. The van der Waals surface area contributed by atoms with E-state index in [1.165, 1.54) is 12.1 Å². The molecule has 2 aliphatic rings. The van der Waals surface area contributed by atoms with Crippen LogP contribution < -0.4 is 5.32 Å². The molecule has 2 aromatic carbocycles. The molecule has 4 heterocycles. The topological polar surface area (TPSA) is 53.4 Å². The number of urea groups is 1. The van der Waals surface area contributed by atoms with Crippen LogP contribution in [0.4, 0.5) is 18.0 Å². The van der Waals surface area contributed by atoms with E-state index in [9.17, 15) is 18.0 Å². The van der Waals surface area contributed by atoms with Crippen LogP contribution in [0.3, 0.4) is 0 Å². The second-order valence-corrected chi connectivity index (χ2v) is 11.4. The minimum absolute atomic E-state index is 0.00354. The monoisotopic (exact) mass is 553 g/mol. The number of fused-ring (bicyclic) bond motifs is 1. The number of rotatable bonds is 5. The fourth-order valence-electron chi connectivity index (χ4n) is 5.57. The Morgan fingerprint density at radius 1 is 1.00 bits per heavy atom. The molecule has 1 N–H and O–H groups in total. The number of amides is 2. The van der Waals surface area contributed by atoms with Crippen LogP contribution in [0.2, 0.25) is 0 Å². The molecule has 0 radical (unpaired) electrons. The molecule has 2 amide bonds. The summed E-state index contributed by atoms with van der Waals surface area (Å²) < 4.78 is 41.5. The number of hydrogen-bond acceptors (Lipinski definition) is 4. The third kappa shape index (κ3) is 5.67. The first-order valence-corrected chi connectivity index (χ1v) is 14.1. The summed E-state index contributed by atoms with van der Waals surface area (Å²) in [6.45, 7) is 3.26.